The Kier molecular flexibility index (Phi) is 7.38. The van der Waals surface area contributed by atoms with Gasteiger partial charge in [0.1, 0.15) is 0 Å². The largest absolute Gasteiger partial charge is 0.352 e. The summed E-state index contributed by atoms with van der Waals surface area (Å²) in [6, 6.07) is 12.7. The fraction of sp³-hybridized carbons (Fsp3) is 0.304. The lowest BCUT2D eigenvalue weighted by molar-refractivity contribution is -0.126. The summed E-state index contributed by atoms with van der Waals surface area (Å²) < 4.78 is 29.1. The Morgan fingerprint density at radius 1 is 1.06 bits per heavy atom. The number of sulfonamides is 1. The van der Waals surface area contributed by atoms with Crippen LogP contribution >= 0.6 is 23.2 Å². The molecule has 174 valence electrons. The van der Waals surface area contributed by atoms with Gasteiger partial charge < -0.3 is 9.88 Å². The molecule has 0 radical (unpaired) electrons. The van der Waals surface area contributed by atoms with E-state index in [1.54, 1.807) is 30.7 Å². The van der Waals surface area contributed by atoms with Crippen LogP contribution in [0.3, 0.4) is 0 Å². The second kappa shape index (κ2) is 10.3. The highest BCUT2D eigenvalue weighted by Gasteiger charge is 2.32. The van der Waals surface area contributed by atoms with E-state index in [2.05, 4.69) is 10.3 Å². The minimum Gasteiger partial charge on any atom is -0.352 e. The van der Waals surface area contributed by atoms with E-state index in [9.17, 15) is 13.2 Å². The van der Waals surface area contributed by atoms with Gasteiger partial charge in [0.15, 0.2) is 0 Å². The number of rotatable bonds is 7. The molecule has 4 rings (SSSR count). The summed E-state index contributed by atoms with van der Waals surface area (Å²) in [6.45, 7) is 0.957. The summed E-state index contributed by atoms with van der Waals surface area (Å²) >= 11 is 12.3. The van der Waals surface area contributed by atoms with E-state index in [1.165, 1.54) is 4.31 Å². The fourth-order valence-electron chi connectivity index (χ4n) is 3.98. The van der Waals surface area contributed by atoms with Crippen molar-refractivity contribution in [2.24, 2.45) is 5.92 Å². The van der Waals surface area contributed by atoms with Gasteiger partial charge in [0.25, 0.3) is 0 Å². The number of benzene rings is 2. The molecule has 3 aromatic rings. The Morgan fingerprint density at radius 3 is 2.42 bits per heavy atom. The number of aromatic nitrogens is 2. The van der Waals surface area contributed by atoms with Crippen LogP contribution < -0.4 is 5.32 Å². The van der Waals surface area contributed by atoms with Crippen LogP contribution in [0.5, 0.6) is 0 Å². The number of halogens is 2. The molecule has 1 aliphatic heterocycles. The predicted molar refractivity (Wildman–Crippen MR) is 129 cm³/mol. The number of hydrogen-bond acceptors (Lipinski definition) is 4. The number of carbonyl (C=O) groups excluding carboxylic acids is 1. The standard InChI is InChI=1S/C23H24Cl2N4O3S/c24-20-5-3-6-21(25)19(20)15-33(31,32)29-11-8-17(9-12-29)23(30)27-14-18-4-1-2-7-22(18)28-13-10-26-16-28/h1-7,10,13,16-17H,8-9,11-12,14-15H2,(H,27,30). The van der Waals surface area contributed by atoms with Crippen molar-refractivity contribution in [2.45, 2.75) is 25.1 Å². The maximum Gasteiger partial charge on any atom is 0.223 e. The van der Waals surface area contributed by atoms with Gasteiger partial charge in [-0.25, -0.2) is 17.7 Å². The van der Waals surface area contributed by atoms with Crippen molar-refractivity contribution in [2.75, 3.05) is 13.1 Å². The first-order chi connectivity index (χ1) is 15.8. The molecule has 1 saturated heterocycles. The highest BCUT2D eigenvalue weighted by Crippen LogP contribution is 2.29. The van der Waals surface area contributed by atoms with Crippen molar-refractivity contribution in [1.82, 2.24) is 19.2 Å². The second-order valence-electron chi connectivity index (χ2n) is 7.95. The van der Waals surface area contributed by atoms with Crippen molar-refractivity contribution in [3.63, 3.8) is 0 Å². The SMILES string of the molecule is O=C(NCc1ccccc1-n1ccnc1)C1CCN(S(=O)(=O)Cc2c(Cl)cccc2Cl)CC1. The van der Waals surface area contributed by atoms with E-state index in [4.69, 9.17) is 23.2 Å². The number of carbonyl (C=O) groups is 1. The van der Waals surface area contributed by atoms with E-state index in [-0.39, 0.29) is 30.7 Å². The van der Waals surface area contributed by atoms with Crippen molar-refractivity contribution in [1.29, 1.82) is 0 Å². The first-order valence-corrected chi connectivity index (χ1v) is 13.0. The molecule has 1 aliphatic rings. The topological polar surface area (TPSA) is 84.3 Å². The molecule has 0 saturated carbocycles. The van der Waals surface area contributed by atoms with Crippen LogP contribution in [-0.4, -0.2) is 41.3 Å². The lowest BCUT2D eigenvalue weighted by Crippen LogP contribution is -2.43. The molecule has 1 N–H and O–H groups in total. The molecule has 33 heavy (non-hydrogen) atoms. The molecule has 7 nitrogen and oxygen atoms in total. The average molecular weight is 507 g/mol. The van der Waals surface area contributed by atoms with Gasteiger partial charge in [0, 0.05) is 53.6 Å². The van der Waals surface area contributed by atoms with Crippen LogP contribution in [0.1, 0.15) is 24.0 Å². The van der Waals surface area contributed by atoms with Crippen molar-refractivity contribution in [3.8, 4) is 5.69 Å². The second-order valence-corrected chi connectivity index (χ2v) is 10.7. The zero-order valence-electron chi connectivity index (χ0n) is 17.8. The van der Waals surface area contributed by atoms with Gasteiger partial charge in [-0.15, -0.1) is 0 Å². The number of imidazole rings is 1. The fourth-order valence-corrected chi connectivity index (χ4v) is 6.30. The number of nitrogens with zero attached hydrogens (tertiary/aromatic N) is 3. The number of piperidine rings is 1. The quantitative estimate of drug-likeness (QED) is 0.523. The van der Waals surface area contributed by atoms with E-state index < -0.39 is 10.0 Å². The van der Waals surface area contributed by atoms with Crippen LogP contribution in [0.2, 0.25) is 10.0 Å². The minimum absolute atomic E-state index is 0.0679. The molecule has 10 heteroatoms. The van der Waals surface area contributed by atoms with Gasteiger partial charge in [0.2, 0.25) is 15.9 Å². The summed E-state index contributed by atoms with van der Waals surface area (Å²) in [7, 11) is -3.59. The summed E-state index contributed by atoms with van der Waals surface area (Å²) in [5.41, 5.74) is 2.33. The van der Waals surface area contributed by atoms with Crippen LogP contribution in [0, 0.1) is 5.92 Å². The Labute approximate surface area is 203 Å². The Balaban J connectivity index is 1.33. The van der Waals surface area contributed by atoms with E-state index in [1.807, 2.05) is 35.0 Å². The molecule has 1 aromatic heterocycles. The average Bonchev–Trinajstić information content (AvgIpc) is 3.35. The highest BCUT2D eigenvalue weighted by atomic mass is 35.5. The van der Waals surface area contributed by atoms with E-state index in [0.29, 0.717) is 35.0 Å². The maximum absolute atomic E-state index is 12.9. The third-order valence-electron chi connectivity index (χ3n) is 5.83. The molecule has 1 amide bonds. The normalized spacial score (nSPS) is 15.5. The van der Waals surface area contributed by atoms with Gasteiger partial charge in [0.05, 0.1) is 17.8 Å². The summed E-state index contributed by atoms with van der Waals surface area (Å²) in [6.07, 6.45) is 6.20. The van der Waals surface area contributed by atoms with Gasteiger partial charge in [-0.1, -0.05) is 47.5 Å². The predicted octanol–water partition coefficient (Wildman–Crippen LogP) is 4.04. The van der Waals surface area contributed by atoms with Gasteiger partial charge >= 0.3 is 0 Å². The molecule has 2 aromatic carbocycles. The summed E-state index contributed by atoms with van der Waals surface area (Å²) in [5.74, 6) is -0.560. The van der Waals surface area contributed by atoms with Crippen LogP contribution in [0.15, 0.2) is 61.2 Å². The number of amides is 1. The van der Waals surface area contributed by atoms with E-state index >= 15 is 0 Å². The first-order valence-electron chi connectivity index (χ1n) is 10.6. The van der Waals surface area contributed by atoms with Gasteiger partial charge in [-0.3, -0.25) is 4.79 Å². The van der Waals surface area contributed by atoms with Gasteiger partial charge in [-0.05, 0) is 36.6 Å². The smallest absolute Gasteiger partial charge is 0.223 e. The number of hydrogen-bond donors (Lipinski definition) is 1. The molecule has 0 spiro atoms. The monoisotopic (exact) mass is 506 g/mol. The lowest BCUT2D eigenvalue weighted by atomic mass is 9.97. The molecule has 0 aliphatic carbocycles. The summed E-state index contributed by atoms with van der Waals surface area (Å²) in [5, 5.41) is 3.66. The molecule has 0 unspecified atom stereocenters. The molecular formula is C23H24Cl2N4O3S. The third-order valence-corrected chi connectivity index (χ3v) is 8.35. The number of nitrogens with one attached hydrogen (secondary N) is 1. The molecule has 2 heterocycles. The van der Waals surface area contributed by atoms with Gasteiger partial charge in [-0.2, -0.15) is 0 Å². The Bertz CT molecular complexity index is 1200. The van der Waals surface area contributed by atoms with Crippen LogP contribution in [0.25, 0.3) is 5.69 Å². The molecule has 1 fully saturated rings. The Hall–Kier alpha value is -2.39. The minimum atomic E-state index is -3.59. The van der Waals surface area contributed by atoms with E-state index in [0.717, 1.165) is 11.3 Å². The van der Waals surface area contributed by atoms with Crippen molar-refractivity contribution in [3.05, 3.63) is 82.4 Å². The maximum atomic E-state index is 12.9. The zero-order valence-corrected chi connectivity index (χ0v) is 20.2. The van der Waals surface area contributed by atoms with Crippen molar-refractivity contribution < 1.29 is 13.2 Å². The van der Waals surface area contributed by atoms with Crippen LogP contribution in [-0.2, 0) is 27.1 Å². The highest BCUT2D eigenvalue weighted by molar-refractivity contribution is 7.88. The van der Waals surface area contributed by atoms with Crippen molar-refractivity contribution >= 4 is 39.1 Å². The third kappa shape index (κ3) is 5.58. The lowest BCUT2D eigenvalue weighted by Gasteiger charge is -2.30. The van der Waals surface area contributed by atoms with Crippen LogP contribution in [0.4, 0.5) is 0 Å². The molecule has 0 bridgehead atoms. The zero-order chi connectivity index (χ0) is 23.4. The first kappa shape index (κ1) is 23.8. The number of para-hydroxylation sites is 1. The summed E-state index contributed by atoms with van der Waals surface area (Å²) in [4.78, 5) is 16.9. The Morgan fingerprint density at radius 2 is 1.76 bits per heavy atom. The molecular weight excluding hydrogens is 483 g/mol. The molecule has 0 atom stereocenters.